The fourth-order valence-corrected chi connectivity index (χ4v) is 3.10. The molecule has 0 bridgehead atoms. The SMILES string of the molecule is CC(C#Cc1ccc(C(=O)NO)cc1)NC(=O)c1nc(-c2ccccc2)cs1. The van der Waals surface area contributed by atoms with Gasteiger partial charge in [0.2, 0.25) is 0 Å². The van der Waals surface area contributed by atoms with E-state index in [0.29, 0.717) is 16.1 Å². The largest absolute Gasteiger partial charge is 0.337 e. The van der Waals surface area contributed by atoms with Crippen molar-refractivity contribution in [3.05, 3.63) is 76.1 Å². The third-order valence-electron chi connectivity index (χ3n) is 3.80. The molecule has 28 heavy (non-hydrogen) atoms. The van der Waals surface area contributed by atoms with Crippen LogP contribution in [0, 0.1) is 11.8 Å². The van der Waals surface area contributed by atoms with Gasteiger partial charge in [-0.1, -0.05) is 42.2 Å². The number of aromatic nitrogens is 1. The number of amides is 2. The Kier molecular flexibility index (Phi) is 6.17. The van der Waals surface area contributed by atoms with Crippen molar-refractivity contribution in [2.45, 2.75) is 13.0 Å². The third kappa shape index (κ3) is 4.82. The molecule has 0 aliphatic heterocycles. The van der Waals surface area contributed by atoms with E-state index in [-0.39, 0.29) is 11.9 Å². The number of rotatable bonds is 4. The number of carbonyl (C=O) groups excluding carboxylic acids is 2. The minimum absolute atomic E-state index is 0.274. The first-order valence-electron chi connectivity index (χ1n) is 8.44. The maximum absolute atomic E-state index is 12.4. The Morgan fingerprint density at radius 2 is 1.79 bits per heavy atom. The fourth-order valence-electron chi connectivity index (χ4n) is 2.38. The number of hydrogen-bond donors (Lipinski definition) is 3. The fraction of sp³-hybridized carbons (Fsp3) is 0.0952. The van der Waals surface area contributed by atoms with Crippen molar-refractivity contribution in [1.82, 2.24) is 15.8 Å². The van der Waals surface area contributed by atoms with Crippen LogP contribution in [0.25, 0.3) is 11.3 Å². The third-order valence-corrected chi connectivity index (χ3v) is 4.64. The Labute approximate surface area is 166 Å². The Balaban J connectivity index is 1.62. The van der Waals surface area contributed by atoms with Gasteiger partial charge in [-0.3, -0.25) is 14.8 Å². The molecule has 0 saturated carbocycles. The van der Waals surface area contributed by atoms with Crippen molar-refractivity contribution in [2.24, 2.45) is 0 Å². The molecule has 6 nitrogen and oxygen atoms in total. The average molecular weight is 391 g/mol. The van der Waals surface area contributed by atoms with Crippen LogP contribution in [0.15, 0.2) is 60.0 Å². The summed E-state index contributed by atoms with van der Waals surface area (Å²) in [5, 5.41) is 13.6. The molecule has 0 spiro atoms. The lowest BCUT2D eigenvalue weighted by Gasteiger charge is -2.05. The van der Waals surface area contributed by atoms with Crippen LogP contribution in [-0.2, 0) is 0 Å². The van der Waals surface area contributed by atoms with E-state index in [2.05, 4.69) is 22.1 Å². The van der Waals surface area contributed by atoms with E-state index in [1.54, 1.807) is 36.7 Å². The minimum Gasteiger partial charge on any atom is -0.337 e. The van der Waals surface area contributed by atoms with Gasteiger partial charge >= 0.3 is 0 Å². The van der Waals surface area contributed by atoms with Gasteiger partial charge < -0.3 is 5.32 Å². The number of thiazole rings is 1. The summed E-state index contributed by atoms with van der Waals surface area (Å²) in [6.45, 7) is 1.78. The highest BCUT2D eigenvalue weighted by Crippen LogP contribution is 2.21. The molecule has 7 heteroatoms. The van der Waals surface area contributed by atoms with Crippen molar-refractivity contribution >= 4 is 23.2 Å². The van der Waals surface area contributed by atoms with Gasteiger partial charge in [-0.2, -0.15) is 0 Å². The van der Waals surface area contributed by atoms with E-state index in [0.717, 1.165) is 11.3 Å². The van der Waals surface area contributed by atoms with Crippen LogP contribution in [0.5, 0.6) is 0 Å². The number of nitrogens with one attached hydrogen (secondary N) is 2. The summed E-state index contributed by atoms with van der Waals surface area (Å²) in [6, 6.07) is 15.7. The zero-order valence-electron chi connectivity index (χ0n) is 15.0. The molecule has 3 rings (SSSR count). The summed E-state index contributed by atoms with van der Waals surface area (Å²) < 4.78 is 0. The Hall–Kier alpha value is -3.47. The minimum atomic E-state index is -0.585. The second-order valence-corrected chi connectivity index (χ2v) is 6.74. The number of benzene rings is 2. The molecule has 0 aliphatic carbocycles. The molecule has 1 atom stereocenters. The van der Waals surface area contributed by atoms with Crippen molar-refractivity contribution in [3.8, 4) is 23.1 Å². The number of hydrogen-bond acceptors (Lipinski definition) is 5. The molecule has 3 N–H and O–H groups in total. The highest BCUT2D eigenvalue weighted by molar-refractivity contribution is 7.12. The zero-order valence-corrected chi connectivity index (χ0v) is 15.8. The van der Waals surface area contributed by atoms with Crippen molar-refractivity contribution in [1.29, 1.82) is 0 Å². The van der Waals surface area contributed by atoms with Crippen LogP contribution >= 0.6 is 11.3 Å². The number of nitrogens with zero attached hydrogens (tertiary/aromatic N) is 1. The first kappa shape index (κ1) is 19.3. The molecule has 1 heterocycles. The topological polar surface area (TPSA) is 91.3 Å². The maximum Gasteiger partial charge on any atom is 0.281 e. The normalized spacial score (nSPS) is 11.1. The highest BCUT2D eigenvalue weighted by Gasteiger charge is 2.13. The molecule has 3 aromatic rings. The van der Waals surface area contributed by atoms with Crippen LogP contribution in [0.1, 0.15) is 32.6 Å². The molecular formula is C21H17N3O3S. The summed E-state index contributed by atoms with van der Waals surface area (Å²) in [5.74, 6) is 5.03. The van der Waals surface area contributed by atoms with E-state index in [9.17, 15) is 9.59 Å². The van der Waals surface area contributed by atoms with E-state index in [1.165, 1.54) is 11.3 Å². The lowest BCUT2D eigenvalue weighted by atomic mass is 10.1. The van der Waals surface area contributed by atoms with E-state index >= 15 is 0 Å². The first-order valence-corrected chi connectivity index (χ1v) is 9.32. The summed E-state index contributed by atoms with van der Waals surface area (Å²) in [5.41, 5.74) is 4.32. The van der Waals surface area contributed by atoms with Crippen LogP contribution in [0.4, 0.5) is 0 Å². The standard InChI is InChI=1S/C21H17N3O3S/c1-14(7-8-15-9-11-17(12-10-15)19(25)24-27)22-20(26)21-23-18(13-28-21)16-5-3-2-4-6-16/h2-6,9-14,27H,1H3,(H,22,26)(H,24,25). The van der Waals surface area contributed by atoms with Gasteiger partial charge in [0.25, 0.3) is 11.8 Å². The second-order valence-electron chi connectivity index (χ2n) is 5.89. The number of carbonyl (C=O) groups is 2. The average Bonchev–Trinajstić information content (AvgIpc) is 3.23. The van der Waals surface area contributed by atoms with Gasteiger partial charge in [0.05, 0.1) is 11.7 Å². The maximum atomic E-state index is 12.4. The Morgan fingerprint density at radius 3 is 2.46 bits per heavy atom. The summed E-state index contributed by atoms with van der Waals surface area (Å²) in [4.78, 5) is 28.0. The molecule has 0 radical (unpaired) electrons. The monoisotopic (exact) mass is 391 g/mol. The predicted molar refractivity (Wildman–Crippen MR) is 107 cm³/mol. The lowest BCUT2D eigenvalue weighted by molar-refractivity contribution is 0.0706. The van der Waals surface area contributed by atoms with Crippen molar-refractivity contribution in [2.75, 3.05) is 0 Å². The molecule has 0 aliphatic rings. The molecule has 1 unspecified atom stereocenters. The van der Waals surface area contributed by atoms with Crippen molar-refractivity contribution < 1.29 is 14.8 Å². The molecule has 0 saturated heterocycles. The molecule has 2 aromatic carbocycles. The van der Waals surface area contributed by atoms with Crippen LogP contribution < -0.4 is 10.8 Å². The Bertz CT molecular complexity index is 1030. The molecular weight excluding hydrogens is 374 g/mol. The summed E-state index contributed by atoms with van der Waals surface area (Å²) in [6.07, 6.45) is 0. The molecule has 0 fully saturated rings. The summed E-state index contributed by atoms with van der Waals surface area (Å²) >= 11 is 1.29. The first-order chi connectivity index (χ1) is 13.6. The molecule has 2 amide bonds. The predicted octanol–water partition coefficient (Wildman–Crippen LogP) is 3.10. The van der Waals surface area contributed by atoms with Crippen LogP contribution in [0.2, 0.25) is 0 Å². The van der Waals surface area contributed by atoms with E-state index in [1.807, 2.05) is 35.7 Å². The van der Waals surface area contributed by atoms with Crippen molar-refractivity contribution in [3.63, 3.8) is 0 Å². The quantitative estimate of drug-likeness (QED) is 0.362. The molecule has 1 aromatic heterocycles. The smallest absolute Gasteiger partial charge is 0.281 e. The van der Waals surface area contributed by atoms with E-state index < -0.39 is 5.91 Å². The van der Waals surface area contributed by atoms with Gasteiger partial charge in [-0.15, -0.1) is 11.3 Å². The van der Waals surface area contributed by atoms with E-state index in [4.69, 9.17) is 5.21 Å². The highest BCUT2D eigenvalue weighted by atomic mass is 32.1. The van der Waals surface area contributed by atoms with Gasteiger partial charge in [0.15, 0.2) is 5.01 Å². The summed E-state index contributed by atoms with van der Waals surface area (Å²) in [7, 11) is 0. The van der Waals surface area contributed by atoms with Crippen LogP contribution in [0.3, 0.4) is 0 Å². The van der Waals surface area contributed by atoms with Crippen LogP contribution in [-0.4, -0.2) is 28.0 Å². The lowest BCUT2D eigenvalue weighted by Crippen LogP contribution is -2.31. The molecule has 140 valence electrons. The van der Waals surface area contributed by atoms with Gasteiger partial charge in [-0.05, 0) is 31.2 Å². The van der Waals surface area contributed by atoms with Gasteiger partial charge in [0.1, 0.15) is 0 Å². The number of hydroxylamine groups is 1. The zero-order chi connectivity index (χ0) is 19.9. The second kappa shape index (κ2) is 8.95. The van der Waals surface area contributed by atoms with Gasteiger partial charge in [-0.25, -0.2) is 10.5 Å². The Morgan fingerprint density at radius 1 is 1.07 bits per heavy atom. The van der Waals surface area contributed by atoms with Gasteiger partial charge in [0, 0.05) is 22.1 Å².